The van der Waals surface area contributed by atoms with Gasteiger partial charge in [-0.15, -0.1) is 0 Å². The number of nitrogens with one attached hydrogen (secondary N) is 4. The van der Waals surface area contributed by atoms with Crippen LogP contribution in [0.1, 0.15) is 31.9 Å². The Bertz CT molecular complexity index is 1270. The number of carboxylic acid groups (broad SMARTS) is 1. The highest BCUT2D eigenvalue weighted by Crippen LogP contribution is 2.18. The quantitative estimate of drug-likeness (QED) is 0.211. The summed E-state index contributed by atoms with van der Waals surface area (Å²) in [6.07, 6.45) is 2.18. The van der Waals surface area contributed by atoms with E-state index < -0.39 is 47.9 Å². The molecule has 0 aliphatic heterocycles. The summed E-state index contributed by atoms with van der Waals surface area (Å²) < 4.78 is 0. The number of aromatic nitrogens is 1. The van der Waals surface area contributed by atoms with Crippen molar-refractivity contribution in [3.8, 4) is 0 Å². The van der Waals surface area contributed by atoms with Gasteiger partial charge >= 0.3 is 5.97 Å². The summed E-state index contributed by atoms with van der Waals surface area (Å²) in [5.41, 5.74) is 8.70. The maximum Gasteiger partial charge on any atom is 0.326 e. The fourth-order valence-corrected chi connectivity index (χ4v) is 4.14. The van der Waals surface area contributed by atoms with E-state index in [2.05, 4.69) is 20.9 Å². The third-order valence-electron chi connectivity index (χ3n) is 6.35. The van der Waals surface area contributed by atoms with Crippen molar-refractivity contribution in [3.63, 3.8) is 0 Å². The second-order valence-corrected chi connectivity index (χ2v) is 9.72. The average molecular weight is 522 g/mol. The largest absolute Gasteiger partial charge is 0.480 e. The van der Waals surface area contributed by atoms with Gasteiger partial charge in [-0.3, -0.25) is 14.4 Å². The summed E-state index contributed by atoms with van der Waals surface area (Å²) in [5, 5.41) is 18.3. The minimum atomic E-state index is -1.18. The highest BCUT2D eigenvalue weighted by Gasteiger charge is 2.30. The van der Waals surface area contributed by atoms with Gasteiger partial charge in [-0.2, -0.15) is 0 Å². The SMILES string of the molecule is CC(NC(=O)C(N)Cc1c[nH]c2ccccc12)C(=O)NC(C(=O)NC(Cc1ccccc1)C(=O)O)C(C)C. The third-order valence-corrected chi connectivity index (χ3v) is 6.35. The number of nitrogens with two attached hydrogens (primary N) is 1. The van der Waals surface area contributed by atoms with Crippen molar-refractivity contribution in [2.75, 3.05) is 0 Å². The summed E-state index contributed by atoms with van der Waals surface area (Å²) in [7, 11) is 0. The van der Waals surface area contributed by atoms with Gasteiger partial charge in [-0.25, -0.2) is 4.79 Å². The summed E-state index contributed by atoms with van der Waals surface area (Å²) >= 11 is 0. The van der Waals surface area contributed by atoms with Crippen molar-refractivity contribution in [2.45, 2.75) is 57.8 Å². The first kappa shape index (κ1) is 28.4. The molecule has 3 amide bonds. The molecule has 10 heteroatoms. The van der Waals surface area contributed by atoms with Crippen LogP contribution in [-0.2, 0) is 32.0 Å². The van der Waals surface area contributed by atoms with Crippen LogP contribution in [0.5, 0.6) is 0 Å². The molecule has 10 nitrogen and oxygen atoms in total. The van der Waals surface area contributed by atoms with E-state index in [-0.39, 0.29) is 18.8 Å². The lowest BCUT2D eigenvalue weighted by atomic mass is 10.0. The number of carbonyl (C=O) groups is 4. The fraction of sp³-hybridized carbons (Fsp3) is 0.357. The Balaban J connectivity index is 1.57. The van der Waals surface area contributed by atoms with Gasteiger partial charge in [0.25, 0.3) is 0 Å². The second kappa shape index (κ2) is 12.9. The van der Waals surface area contributed by atoms with Gasteiger partial charge in [-0.05, 0) is 36.5 Å². The Morgan fingerprint density at radius 2 is 1.50 bits per heavy atom. The second-order valence-electron chi connectivity index (χ2n) is 9.72. The molecule has 0 bridgehead atoms. The summed E-state index contributed by atoms with van der Waals surface area (Å²) in [6, 6.07) is 12.6. The zero-order valence-electron chi connectivity index (χ0n) is 21.7. The van der Waals surface area contributed by atoms with Crippen molar-refractivity contribution in [1.82, 2.24) is 20.9 Å². The summed E-state index contributed by atoms with van der Waals surface area (Å²) in [6.45, 7) is 4.96. The van der Waals surface area contributed by atoms with Crippen LogP contribution in [0.15, 0.2) is 60.8 Å². The van der Waals surface area contributed by atoms with Crippen LogP contribution in [-0.4, -0.2) is 57.9 Å². The Kier molecular flexibility index (Phi) is 9.61. The number of carboxylic acids is 1. The van der Waals surface area contributed by atoms with Crippen molar-refractivity contribution in [3.05, 3.63) is 71.9 Å². The van der Waals surface area contributed by atoms with E-state index >= 15 is 0 Å². The number of fused-ring (bicyclic) bond motifs is 1. The van der Waals surface area contributed by atoms with Gasteiger partial charge in [0.05, 0.1) is 6.04 Å². The van der Waals surface area contributed by atoms with Crippen LogP contribution in [0.25, 0.3) is 10.9 Å². The van der Waals surface area contributed by atoms with E-state index in [1.54, 1.807) is 38.1 Å². The summed E-state index contributed by atoms with van der Waals surface area (Å²) in [5.74, 6) is -3.22. The van der Waals surface area contributed by atoms with Gasteiger partial charge in [0.1, 0.15) is 18.1 Å². The van der Waals surface area contributed by atoms with Gasteiger partial charge in [-0.1, -0.05) is 62.4 Å². The van der Waals surface area contributed by atoms with Crippen LogP contribution in [0.4, 0.5) is 0 Å². The molecule has 3 rings (SSSR count). The predicted octanol–water partition coefficient (Wildman–Crippen LogP) is 1.50. The molecule has 2 aromatic carbocycles. The van der Waals surface area contributed by atoms with Crippen LogP contribution >= 0.6 is 0 Å². The molecule has 202 valence electrons. The number of amides is 3. The Morgan fingerprint density at radius 3 is 2.16 bits per heavy atom. The number of benzene rings is 2. The number of hydrogen-bond donors (Lipinski definition) is 6. The van der Waals surface area contributed by atoms with Crippen molar-refractivity contribution >= 4 is 34.6 Å². The molecule has 0 radical (unpaired) electrons. The number of aliphatic carboxylic acids is 1. The third kappa shape index (κ3) is 7.42. The highest BCUT2D eigenvalue weighted by atomic mass is 16.4. The van der Waals surface area contributed by atoms with Gasteiger partial charge in [0.15, 0.2) is 0 Å². The van der Waals surface area contributed by atoms with Crippen LogP contribution in [0.2, 0.25) is 0 Å². The van der Waals surface area contributed by atoms with E-state index in [4.69, 9.17) is 5.73 Å². The van der Waals surface area contributed by atoms with Crippen molar-refractivity contribution < 1.29 is 24.3 Å². The molecule has 38 heavy (non-hydrogen) atoms. The van der Waals surface area contributed by atoms with E-state index in [0.717, 1.165) is 22.0 Å². The maximum absolute atomic E-state index is 13.0. The molecule has 3 aromatic rings. The Morgan fingerprint density at radius 1 is 0.842 bits per heavy atom. The molecule has 0 saturated heterocycles. The highest BCUT2D eigenvalue weighted by molar-refractivity contribution is 5.94. The molecular formula is C28H35N5O5. The molecule has 0 aliphatic carbocycles. The van der Waals surface area contributed by atoms with Crippen molar-refractivity contribution in [1.29, 1.82) is 0 Å². The molecule has 7 N–H and O–H groups in total. The number of para-hydroxylation sites is 1. The molecule has 0 fully saturated rings. The molecule has 1 heterocycles. The average Bonchev–Trinajstić information content (AvgIpc) is 3.29. The number of aromatic amines is 1. The van der Waals surface area contributed by atoms with E-state index in [1.165, 1.54) is 6.92 Å². The topological polar surface area (TPSA) is 166 Å². The van der Waals surface area contributed by atoms with E-state index in [9.17, 15) is 24.3 Å². The molecule has 0 spiro atoms. The first-order valence-electron chi connectivity index (χ1n) is 12.5. The zero-order valence-corrected chi connectivity index (χ0v) is 21.7. The van der Waals surface area contributed by atoms with Gasteiger partial charge in [0.2, 0.25) is 17.7 Å². The molecular weight excluding hydrogens is 486 g/mol. The molecule has 1 aromatic heterocycles. The first-order chi connectivity index (χ1) is 18.1. The molecule has 0 saturated carbocycles. The Labute approximate surface area is 221 Å². The lowest BCUT2D eigenvalue weighted by Crippen LogP contribution is -2.58. The lowest BCUT2D eigenvalue weighted by Gasteiger charge is -2.26. The fourth-order valence-electron chi connectivity index (χ4n) is 4.14. The lowest BCUT2D eigenvalue weighted by molar-refractivity contribution is -0.142. The summed E-state index contributed by atoms with van der Waals surface area (Å²) in [4.78, 5) is 53.4. The minimum Gasteiger partial charge on any atom is -0.480 e. The van der Waals surface area contributed by atoms with Crippen LogP contribution in [0.3, 0.4) is 0 Å². The number of carbonyl (C=O) groups excluding carboxylic acids is 3. The monoisotopic (exact) mass is 521 g/mol. The molecule has 4 atom stereocenters. The number of rotatable bonds is 12. The smallest absolute Gasteiger partial charge is 0.326 e. The number of hydrogen-bond acceptors (Lipinski definition) is 5. The maximum atomic E-state index is 13.0. The Hall–Kier alpha value is -4.18. The van der Waals surface area contributed by atoms with E-state index in [0.29, 0.717) is 0 Å². The number of H-pyrrole nitrogens is 1. The minimum absolute atomic E-state index is 0.0987. The van der Waals surface area contributed by atoms with Crippen molar-refractivity contribution in [2.24, 2.45) is 11.7 Å². The standard InChI is InChI=1S/C28H35N5O5/c1-16(2)24(27(36)32-23(28(37)38)13-18-9-5-4-6-10-18)33-25(34)17(3)31-26(35)21(29)14-19-15-30-22-12-8-7-11-20(19)22/h4-12,15-17,21,23-24,30H,13-14,29H2,1-3H3,(H,31,35)(H,32,36)(H,33,34)(H,37,38). The van der Waals surface area contributed by atoms with Gasteiger partial charge < -0.3 is 31.8 Å². The first-order valence-corrected chi connectivity index (χ1v) is 12.5. The predicted molar refractivity (Wildman–Crippen MR) is 144 cm³/mol. The molecule has 0 aliphatic rings. The van der Waals surface area contributed by atoms with Crippen LogP contribution in [0, 0.1) is 5.92 Å². The van der Waals surface area contributed by atoms with Crippen LogP contribution < -0.4 is 21.7 Å². The normalized spacial score (nSPS) is 14.3. The molecule has 4 unspecified atom stereocenters. The zero-order chi connectivity index (χ0) is 27.8. The van der Waals surface area contributed by atoms with E-state index in [1.807, 2.05) is 36.5 Å². The van der Waals surface area contributed by atoms with Gasteiger partial charge in [0, 0.05) is 23.5 Å².